The second-order valence-electron chi connectivity index (χ2n) is 8.17. The highest BCUT2D eigenvalue weighted by Gasteiger charge is 2.21. The zero-order valence-electron chi connectivity index (χ0n) is 19.0. The number of anilines is 1. The molecule has 34 heavy (non-hydrogen) atoms. The second kappa shape index (κ2) is 12.9. The predicted octanol–water partition coefficient (Wildman–Crippen LogP) is 3.14. The SMILES string of the molecule is CN(C)CC1CN(CCn2ncc3nc(NCc4ccc(Cl)c(Cl)c4)[nH]c(=O)c32)CCO1.Cl.Cl. The van der Waals surface area contributed by atoms with Gasteiger partial charge in [-0.25, -0.2) is 4.98 Å². The summed E-state index contributed by atoms with van der Waals surface area (Å²) in [5.74, 6) is 0.382. The number of morpholine rings is 1. The Kier molecular flexibility index (Phi) is 10.9. The van der Waals surface area contributed by atoms with Crippen LogP contribution in [0.15, 0.2) is 29.2 Å². The van der Waals surface area contributed by atoms with Gasteiger partial charge in [0.15, 0.2) is 5.52 Å². The lowest BCUT2D eigenvalue weighted by Crippen LogP contribution is -2.47. The predicted molar refractivity (Wildman–Crippen MR) is 141 cm³/mol. The molecule has 1 aliphatic rings. The molecule has 2 N–H and O–H groups in total. The first-order chi connectivity index (χ1) is 15.4. The normalized spacial score (nSPS) is 16.3. The minimum Gasteiger partial charge on any atom is -0.374 e. The van der Waals surface area contributed by atoms with Crippen molar-refractivity contribution in [3.05, 3.63) is 50.4 Å². The van der Waals surface area contributed by atoms with Gasteiger partial charge in [0.05, 0.1) is 35.5 Å². The maximum atomic E-state index is 12.7. The van der Waals surface area contributed by atoms with Crippen molar-refractivity contribution in [2.75, 3.05) is 52.2 Å². The molecule has 0 radical (unpaired) electrons. The van der Waals surface area contributed by atoms with E-state index in [4.69, 9.17) is 27.9 Å². The summed E-state index contributed by atoms with van der Waals surface area (Å²) >= 11 is 12.0. The first kappa shape index (κ1) is 28.6. The van der Waals surface area contributed by atoms with Gasteiger partial charge in [0.25, 0.3) is 5.56 Å². The van der Waals surface area contributed by atoms with Gasteiger partial charge in [-0.15, -0.1) is 24.8 Å². The molecule has 188 valence electrons. The van der Waals surface area contributed by atoms with Crippen molar-refractivity contribution in [3.8, 4) is 0 Å². The van der Waals surface area contributed by atoms with Crippen LogP contribution in [0.2, 0.25) is 10.0 Å². The number of halogens is 4. The number of H-pyrrole nitrogens is 1. The Hall–Kier alpha value is -1.59. The zero-order valence-corrected chi connectivity index (χ0v) is 22.1. The zero-order chi connectivity index (χ0) is 22.7. The average molecular weight is 553 g/mol. The van der Waals surface area contributed by atoms with Gasteiger partial charge in [-0.05, 0) is 31.8 Å². The molecule has 9 nitrogen and oxygen atoms in total. The first-order valence-electron chi connectivity index (χ1n) is 10.5. The van der Waals surface area contributed by atoms with Gasteiger partial charge < -0.3 is 15.0 Å². The van der Waals surface area contributed by atoms with E-state index < -0.39 is 0 Å². The molecule has 3 heterocycles. The monoisotopic (exact) mass is 551 g/mol. The van der Waals surface area contributed by atoms with Gasteiger partial charge in [-0.2, -0.15) is 5.10 Å². The fourth-order valence-corrected chi connectivity index (χ4v) is 4.15. The van der Waals surface area contributed by atoms with Crippen molar-refractivity contribution in [2.24, 2.45) is 0 Å². The number of aromatic amines is 1. The summed E-state index contributed by atoms with van der Waals surface area (Å²) in [7, 11) is 4.09. The number of fused-ring (bicyclic) bond motifs is 1. The molecule has 0 amide bonds. The number of ether oxygens (including phenoxy) is 1. The van der Waals surface area contributed by atoms with Crippen LogP contribution in [0, 0.1) is 0 Å². The Morgan fingerprint density at radius 1 is 1.24 bits per heavy atom. The maximum Gasteiger partial charge on any atom is 0.278 e. The number of hydrogen-bond donors (Lipinski definition) is 2. The van der Waals surface area contributed by atoms with Gasteiger partial charge >= 0.3 is 0 Å². The maximum absolute atomic E-state index is 12.7. The molecule has 1 fully saturated rings. The molecule has 4 rings (SSSR count). The third kappa shape index (κ3) is 7.21. The Balaban J connectivity index is 0.00000204. The standard InChI is InChI=1S/C21H27Cl2N7O2.2ClH/c1-28(2)12-15-13-29(7-8-32-15)5-6-30-19-18(11-25-30)26-21(27-20(19)31)24-10-14-3-4-16(22)17(23)9-14;;/h3-4,9,11,15H,5-8,10,12-13H2,1-2H3,(H2,24,26,27,31);2*1H. The van der Waals surface area contributed by atoms with E-state index in [9.17, 15) is 4.79 Å². The van der Waals surface area contributed by atoms with Crippen LogP contribution in [0.5, 0.6) is 0 Å². The summed E-state index contributed by atoms with van der Waals surface area (Å²) in [6.45, 7) is 5.21. The highest BCUT2D eigenvalue weighted by molar-refractivity contribution is 6.42. The topological polar surface area (TPSA) is 91.3 Å². The van der Waals surface area contributed by atoms with Gasteiger partial charge in [0.2, 0.25) is 5.95 Å². The average Bonchev–Trinajstić information content (AvgIpc) is 3.16. The summed E-state index contributed by atoms with van der Waals surface area (Å²) < 4.78 is 7.56. The van der Waals surface area contributed by atoms with E-state index in [1.54, 1.807) is 23.0 Å². The van der Waals surface area contributed by atoms with Crippen molar-refractivity contribution in [1.29, 1.82) is 0 Å². The van der Waals surface area contributed by atoms with Gasteiger partial charge in [-0.3, -0.25) is 19.4 Å². The summed E-state index contributed by atoms with van der Waals surface area (Å²) in [6.07, 6.45) is 1.82. The number of aromatic nitrogens is 4. The molecule has 1 atom stereocenters. The minimum atomic E-state index is -0.225. The Morgan fingerprint density at radius 2 is 2.03 bits per heavy atom. The van der Waals surface area contributed by atoms with E-state index in [1.165, 1.54) is 0 Å². The fraction of sp³-hybridized carbons (Fsp3) is 0.476. The lowest BCUT2D eigenvalue weighted by Gasteiger charge is -2.34. The molecular weight excluding hydrogens is 524 g/mol. The summed E-state index contributed by atoms with van der Waals surface area (Å²) in [6, 6.07) is 5.38. The van der Waals surface area contributed by atoms with E-state index in [2.05, 4.69) is 30.2 Å². The van der Waals surface area contributed by atoms with Gasteiger partial charge in [-0.1, -0.05) is 29.3 Å². The quantitative estimate of drug-likeness (QED) is 0.443. The summed E-state index contributed by atoms with van der Waals surface area (Å²) in [4.78, 5) is 24.5. The van der Waals surface area contributed by atoms with Crippen LogP contribution in [0.25, 0.3) is 11.0 Å². The van der Waals surface area contributed by atoms with Crippen molar-refractivity contribution < 1.29 is 4.74 Å². The van der Waals surface area contributed by atoms with Crippen molar-refractivity contribution in [1.82, 2.24) is 29.5 Å². The number of nitrogens with one attached hydrogen (secondary N) is 2. The molecule has 1 saturated heterocycles. The molecule has 0 aliphatic carbocycles. The number of hydrogen-bond acceptors (Lipinski definition) is 7. The van der Waals surface area contributed by atoms with E-state index in [0.29, 0.717) is 46.7 Å². The van der Waals surface area contributed by atoms with Crippen molar-refractivity contribution >= 4 is 65.0 Å². The minimum absolute atomic E-state index is 0. The van der Waals surface area contributed by atoms with Crippen LogP contribution in [0.4, 0.5) is 5.95 Å². The largest absolute Gasteiger partial charge is 0.374 e. The van der Waals surface area contributed by atoms with Crippen LogP contribution < -0.4 is 10.9 Å². The van der Waals surface area contributed by atoms with Crippen LogP contribution >= 0.6 is 48.0 Å². The molecule has 1 aromatic carbocycles. The number of likely N-dealkylation sites (N-methyl/N-ethyl adjacent to an activating group) is 1. The Morgan fingerprint density at radius 3 is 2.76 bits per heavy atom. The van der Waals surface area contributed by atoms with Crippen LogP contribution in [0.1, 0.15) is 5.56 Å². The fourth-order valence-electron chi connectivity index (χ4n) is 3.83. The van der Waals surface area contributed by atoms with Crippen molar-refractivity contribution in [2.45, 2.75) is 19.2 Å². The Labute approximate surface area is 220 Å². The van der Waals surface area contributed by atoms with E-state index in [1.807, 2.05) is 20.2 Å². The third-order valence-electron chi connectivity index (χ3n) is 5.36. The molecule has 1 unspecified atom stereocenters. The molecule has 2 aromatic heterocycles. The third-order valence-corrected chi connectivity index (χ3v) is 6.10. The van der Waals surface area contributed by atoms with Crippen LogP contribution in [-0.4, -0.2) is 82.5 Å². The lowest BCUT2D eigenvalue weighted by molar-refractivity contribution is -0.0388. The lowest BCUT2D eigenvalue weighted by atomic mass is 10.2. The molecule has 0 spiro atoms. The molecule has 13 heteroatoms. The smallest absolute Gasteiger partial charge is 0.278 e. The number of benzene rings is 1. The first-order valence-corrected chi connectivity index (χ1v) is 11.3. The number of rotatable bonds is 8. The molecule has 1 aliphatic heterocycles. The molecule has 0 saturated carbocycles. The molecular formula is C21H29Cl4N7O2. The van der Waals surface area contributed by atoms with Crippen molar-refractivity contribution in [3.63, 3.8) is 0 Å². The summed E-state index contributed by atoms with van der Waals surface area (Å²) in [5, 5.41) is 8.50. The Bertz CT molecular complexity index is 1140. The second-order valence-corrected chi connectivity index (χ2v) is 8.99. The highest BCUT2D eigenvalue weighted by Crippen LogP contribution is 2.23. The summed E-state index contributed by atoms with van der Waals surface area (Å²) in [5.41, 5.74) is 1.73. The van der Waals surface area contributed by atoms with Crippen LogP contribution in [0.3, 0.4) is 0 Å². The van der Waals surface area contributed by atoms with E-state index in [-0.39, 0.29) is 36.5 Å². The van der Waals surface area contributed by atoms with E-state index >= 15 is 0 Å². The molecule has 3 aromatic rings. The van der Waals surface area contributed by atoms with Crippen LogP contribution in [-0.2, 0) is 17.8 Å². The number of nitrogens with zero attached hydrogens (tertiary/aromatic N) is 5. The highest BCUT2D eigenvalue weighted by atomic mass is 35.5. The van der Waals surface area contributed by atoms with E-state index in [0.717, 1.165) is 31.7 Å². The molecule has 0 bridgehead atoms. The van der Waals surface area contributed by atoms with Gasteiger partial charge in [0.1, 0.15) is 5.52 Å². The van der Waals surface area contributed by atoms with Gasteiger partial charge in [0, 0.05) is 32.7 Å².